The minimum Gasteiger partial charge on any atom is -0.453 e. The van der Waals surface area contributed by atoms with E-state index in [0.29, 0.717) is 37.5 Å². The van der Waals surface area contributed by atoms with Gasteiger partial charge >= 0.3 is 6.09 Å². The fourth-order valence-corrected chi connectivity index (χ4v) is 5.41. The quantitative estimate of drug-likeness (QED) is 0.507. The maximum atomic E-state index is 14.3. The lowest BCUT2D eigenvalue weighted by Gasteiger charge is -2.27. The van der Waals surface area contributed by atoms with Crippen LogP contribution in [0.5, 0.6) is 0 Å². The average molecular weight is 454 g/mol. The Morgan fingerprint density at radius 1 is 1.15 bits per heavy atom. The lowest BCUT2D eigenvalue weighted by molar-refractivity contribution is 0.119. The van der Waals surface area contributed by atoms with Crippen molar-refractivity contribution in [3.8, 4) is 0 Å². The molecule has 0 spiro atoms. The Labute approximate surface area is 192 Å². The minimum atomic E-state index is -0.813. The van der Waals surface area contributed by atoms with Crippen molar-refractivity contribution in [3.63, 3.8) is 0 Å². The lowest BCUT2D eigenvalue weighted by atomic mass is 9.88. The van der Waals surface area contributed by atoms with Gasteiger partial charge < -0.3 is 14.2 Å². The summed E-state index contributed by atoms with van der Waals surface area (Å²) in [6.07, 6.45) is 6.62. The SMILES string of the molecule is COC(=O)N1CCc2ccc3c(nc(C4CCCCC4)n3CCc3cccc(F)c3F)c2C1. The van der Waals surface area contributed by atoms with Gasteiger partial charge in [0.1, 0.15) is 5.82 Å². The Bertz CT molecular complexity index is 1180. The van der Waals surface area contributed by atoms with Crippen LogP contribution in [0.3, 0.4) is 0 Å². The van der Waals surface area contributed by atoms with Crippen LogP contribution in [0.15, 0.2) is 30.3 Å². The van der Waals surface area contributed by atoms with E-state index in [0.717, 1.165) is 47.8 Å². The fourth-order valence-electron chi connectivity index (χ4n) is 5.41. The third-order valence-corrected chi connectivity index (χ3v) is 7.19. The van der Waals surface area contributed by atoms with Gasteiger partial charge in [0, 0.05) is 24.6 Å². The molecular weight excluding hydrogens is 424 g/mol. The number of imidazole rings is 1. The van der Waals surface area contributed by atoms with Gasteiger partial charge in [0.2, 0.25) is 0 Å². The van der Waals surface area contributed by atoms with Crippen molar-refractivity contribution in [2.24, 2.45) is 0 Å². The summed E-state index contributed by atoms with van der Waals surface area (Å²) in [7, 11) is 1.40. The molecular formula is C26H29F2N3O2. The number of nitrogens with zero attached hydrogens (tertiary/aromatic N) is 3. The number of fused-ring (bicyclic) bond motifs is 3. The summed E-state index contributed by atoms with van der Waals surface area (Å²) in [5, 5.41) is 0. The normalized spacial score (nSPS) is 16.8. The standard InChI is InChI=1S/C26H29F2N3O2/c1-33-26(32)30-14-12-17-10-11-22-24(20(17)16-30)29-25(19-6-3-2-4-7-19)31(22)15-13-18-8-5-9-21(27)23(18)28/h5,8-11,19H,2-4,6-7,12-16H2,1H3. The summed E-state index contributed by atoms with van der Waals surface area (Å²) in [5.74, 6) is -0.190. The van der Waals surface area contributed by atoms with Crippen molar-refractivity contribution in [2.45, 2.75) is 64.0 Å². The van der Waals surface area contributed by atoms with Crippen LogP contribution in [-0.4, -0.2) is 34.2 Å². The molecule has 1 saturated carbocycles. The van der Waals surface area contributed by atoms with Gasteiger partial charge in [0.05, 0.1) is 24.7 Å². The third-order valence-electron chi connectivity index (χ3n) is 7.19. The average Bonchev–Trinajstić information content (AvgIpc) is 3.23. The molecule has 1 amide bonds. The van der Waals surface area contributed by atoms with Gasteiger partial charge in [-0.15, -0.1) is 0 Å². The van der Waals surface area contributed by atoms with E-state index >= 15 is 0 Å². The first-order chi connectivity index (χ1) is 16.1. The van der Waals surface area contributed by atoms with Crippen LogP contribution in [-0.2, 0) is 30.7 Å². The van der Waals surface area contributed by atoms with E-state index in [2.05, 4.69) is 16.7 Å². The number of hydrogen-bond acceptors (Lipinski definition) is 3. The van der Waals surface area contributed by atoms with E-state index in [1.165, 1.54) is 31.9 Å². The summed E-state index contributed by atoms with van der Waals surface area (Å²) >= 11 is 0. The molecule has 3 aromatic rings. The van der Waals surface area contributed by atoms with Gasteiger partial charge in [-0.25, -0.2) is 18.6 Å². The van der Waals surface area contributed by atoms with Crippen molar-refractivity contribution in [2.75, 3.05) is 13.7 Å². The number of methoxy groups -OCH3 is 1. The van der Waals surface area contributed by atoms with Crippen LogP contribution in [0.25, 0.3) is 11.0 Å². The highest BCUT2D eigenvalue weighted by atomic mass is 19.2. The molecule has 0 bridgehead atoms. The van der Waals surface area contributed by atoms with E-state index in [-0.39, 0.29) is 6.09 Å². The molecule has 1 aliphatic carbocycles. The predicted molar refractivity (Wildman–Crippen MR) is 122 cm³/mol. The van der Waals surface area contributed by atoms with Gasteiger partial charge in [-0.2, -0.15) is 0 Å². The first-order valence-corrected chi connectivity index (χ1v) is 11.8. The number of rotatable bonds is 4. The second-order valence-electron chi connectivity index (χ2n) is 9.13. The zero-order chi connectivity index (χ0) is 22.9. The first kappa shape index (κ1) is 21.9. The smallest absolute Gasteiger partial charge is 0.409 e. The second kappa shape index (κ2) is 9.12. The van der Waals surface area contributed by atoms with Crippen molar-refractivity contribution in [1.29, 1.82) is 0 Å². The van der Waals surface area contributed by atoms with Crippen LogP contribution in [0.2, 0.25) is 0 Å². The van der Waals surface area contributed by atoms with E-state index in [1.54, 1.807) is 17.0 Å². The zero-order valence-electron chi connectivity index (χ0n) is 18.9. The zero-order valence-corrected chi connectivity index (χ0v) is 18.9. The number of carbonyl (C=O) groups is 1. The molecule has 1 fully saturated rings. The lowest BCUT2D eigenvalue weighted by Crippen LogP contribution is -2.35. The summed E-state index contributed by atoms with van der Waals surface area (Å²) < 4.78 is 35.2. The molecule has 33 heavy (non-hydrogen) atoms. The van der Waals surface area contributed by atoms with Crippen molar-refractivity contribution in [1.82, 2.24) is 14.5 Å². The molecule has 0 saturated heterocycles. The molecule has 0 atom stereocenters. The monoisotopic (exact) mass is 453 g/mol. The molecule has 1 aromatic heterocycles. The number of carbonyl (C=O) groups excluding carboxylic acids is 1. The molecule has 5 nitrogen and oxygen atoms in total. The van der Waals surface area contributed by atoms with Crippen LogP contribution < -0.4 is 0 Å². The molecule has 5 rings (SSSR count). The summed E-state index contributed by atoms with van der Waals surface area (Å²) in [6.45, 7) is 1.63. The van der Waals surface area contributed by atoms with E-state index in [4.69, 9.17) is 9.72 Å². The number of benzene rings is 2. The highest BCUT2D eigenvalue weighted by molar-refractivity contribution is 5.82. The van der Waals surface area contributed by atoms with Gasteiger partial charge in [-0.05, 0) is 48.9 Å². The van der Waals surface area contributed by atoms with Gasteiger partial charge in [-0.1, -0.05) is 37.5 Å². The van der Waals surface area contributed by atoms with E-state index in [1.807, 2.05) is 0 Å². The Hall–Kier alpha value is -2.96. The summed E-state index contributed by atoms with van der Waals surface area (Å²) in [5.41, 5.74) is 4.57. The molecule has 2 heterocycles. The number of aromatic nitrogens is 2. The maximum absolute atomic E-state index is 14.3. The highest BCUT2D eigenvalue weighted by Crippen LogP contribution is 2.36. The van der Waals surface area contributed by atoms with Gasteiger partial charge in [0.15, 0.2) is 11.6 Å². The number of ether oxygens (including phenoxy) is 1. The number of amides is 1. The first-order valence-electron chi connectivity index (χ1n) is 11.8. The molecule has 174 valence electrons. The highest BCUT2D eigenvalue weighted by Gasteiger charge is 2.28. The molecule has 1 aliphatic heterocycles. The fraction of sp³-hybridized carbons (Fsp3) is 0.462. The number of halogens is 2. The molecule has 2 aliphatic rings. The van der Waals surface area contributed by atoms with Crippen LogP contribution >= 0.6 is 0 Å². The molecule has 0 N–H and O–H groups in total. The van der Waals surface area contributed by atoms with Crippen LogP contribution in [0, 0.1) is 11.6 Å². The van der Waals surface area contributed by atoms with Crippen molar-refractivity contribution < 1.29 is 18.3 Å². The van der Waals surface area contributed by atoms with E-state index < -0.39 is 11.6 Å². The number of hydrogen-bond donors (Lipinski definition) is 0. The third kappa shape index (κ3) is 4.09. The summed E-state index contributed by atoms with van der Waals surface area (Å²) in [4.78, 5) is 19.0. The van der Waals surface area contributed by atoms with Crippen molar-refractivity contribution in [3.05, 3.63) is 64.5 Å². The largest absolute Gasteiger partial charge is 0.453 e. The summed E-state index contributed by atoms with van der Waals surface area (Å²) in [6, 6.07) is 8.58. The second-order valence-corrected chi connectivity index (χ2v) is 9.13. The Morgan fingerprint density at radius 2 is 1.97 bits per heavy atom. The van der Waals surface area contributed by atoms with Crippen LogP contribution in [0.1, 0.15) is 60.5 Å². The molecule has 0 radical (unpaired) electrons. The number of aryl methyl sites for hydroxylation is 2. The van der Waals surface area contributed by atoms with Crippen molar-refractivity contribution >= 4 is 17.1 Å². The van der Waals surface area contributed by atoms with E-state index in [9.17, 15) is 13.6 Å². The minimum absolute atomic E-state index is 0.328. The van der Waals surface area contributed by atoms with Gasteiger partial charge in [-0.3, -0.25) is 0 Å². The Kier molecular flexibility index (Phi) is 6.04. The Morgan fingerprint density at radius 3 is 2.76 bits per heavy atom. The maximum Gasteiger partial charge on any atom is 0.409 e. The molecule has 0 unspecified atom stereocenters. The molecule has 7 heteroatoms. The molecule has 2 aromatic carbocycles. The van der Waals surface area contributed by atoms with Gasteiger partial charge in [0.25, 0.3) is 0 Å². The predicted octanol–water partition coefficient (Wildman–Crippen LogP) is 5.73. The Balaban J connectivity index is 1.56. The van der Waals surface area contributed by atoms with Crippen LogP contribution in [0.4, 0.5) is 13.6 Å². The topological polar surface area (TPSA) is 47.4 Å².